The van der Waals surface area contributed by atoms with Gasteiger partial charge in [-0.05, 0) is 12.1 Å². The Bertz CT molecular complexity index is 1270. The van der Waals surface area contributed by atoms with Gasteiger partial charge < -0.3 is 9.47 Å². The van der Waals surface area contributed by atoms with Crippen LogP contribution in [0.15, 0.2) is 47.6 Å². The van der Waals surface area contributed by atoms with Crippen LogP contribution in [0.1, 0.15) is 37.5 Å². The van der Waals surface area contributed by atoms with Gasteiger partial charge in [-0.1, -0.05) is 12.1 Å². The summed E-state index contributed by atoms with van der Waals surface area (Å²) in [6.07, 6.45) is -1.46. The van der Waals surface area contributed by atoms with Gasteiger partial charge in [-0.15, -0.1) is 0 Å². The molecule has 3 atom stereocenters. The number of fused-ring (bicyclic) bond motifs is 3. The highest BCUT2D eigenvalue weighted by Gasteiger charge is 2.50. The number of carbonyl (C=O) groups excluding carboxylic acids is 3. The molecule has 1 N–H and O–H groups in total. The van der Waals surface area contributed by atoms with Gasteiger partial charge in [-0.2, -0.15) is 5.10 Å². The van der Waals surface area contributed by atoms with E-state index < -0.39 is 57.4 Å². The molecule has 178 valence electrons. The molecule has 2 aromatic carbocycles. The van der Waals surface area contributed by atoms with E-state index >= 15 is 0 Å². The predicted molar refractivity (Wildman–Crippen MR) is 115 cm³/mol. The number of hydrogen-bond acceptors (Lipinski definition) is 10. The Balaban J connectivity index is 1.38. The number of nitrogens with zero attached hydrogens (tertiary/aromatic N) is 4. The van der Waals surface area contributed by atoms with Crippen LogP contribution in [0.5, 0.6) is 0 Å². The summed E-state index contributed by atoms with van der Waals surface area (Å²) in [6, 6.07) is 8.17. The zero-order valence-corrected chi connectivity index (χ0v) is 17.7. The molecule has 5 rings (SSSR count). The van der Waals surface area contributed by atoms with E-state index in [1.54, 1.807) is 24.3 Å². The van der Waals surface area contributed by atoms with Gasteiger partial charge in [0.15, 0.2) is 6.29 Å². The van der Waals surface area contributed by atoms with Gasteiger partial charge in [-0.25, -0.2) is 5.43 Å². The first kappa shape index (κ1) is 22.2. The van der Waals surface area contributed by atoms with Crippen molar-refractivity contribution in [3.63, 3.8) is 0 Å². The van der Waals surface area contributed by atoms with Gasteiger partial charge in [0.25, 0.3) is 29.1 Å². The number of hydrazone groups is 1. The van der Waals surface area contributed by atoms with Crippen LogP contribution >= 0.6 is 0 Å². The summed E-state index contributed by atoms with van der Waals surface area (Å²) in [5.41, 5.74) is 1.30. The highest BCUT2D eigenvalue weighted by atomic mass is 16.7. The third-order valence-electron chi connectivity index (χ3n) is 5.87. The number of nitro benzene ring substituents is 2. The SMILES string of the molecule is O=C(NN=C1C[C@H](N2C(=O)c3ccccc3C2=O)[C@H]2CO[C@@H]1O2)c1cc([N+](=O)[O-])cc([N+](=O)[O-])c1. The third-order valence-corrected chi connectivity index (χ3v) is 5.87. The van der Waals surface area contributed by atoms with Crippen molar-refractivity contribution in [3.8, 4) is 0 Å². The lowest BCUT2D eigenvalue weighted by Gasteiger charge is -2.33. The smallest absolute Gasteiger partial charge is 0.277 e. The van der Waals surface area contributed by atoms with Gasteiger partial charge in [0.1, 0.15) is 6.10 Å². The van der Waals surface area contributed by atoms with Crippen molar-refractivity contribution < 1.29 is 33.7 Å². The van der Waals surface area contributed by atoms with Crippen LogP contribution in [0.3, 0.4) is 0 Å². The lowest BCUT2D eigenvalue weighted by atomic mass is 10.0. The van der Waals surface area contributed by atoms with E-state index in [1.165, 1.54) is 0 Å². The molecule has 0 aliphatic carbocycles. The second-order valence-corrected chi connectivity index (χ2v) is 7.93. The molecule has 2 aromatic rings. The van der Waals surface area contributed by atoms with Crippen LogP contribution in [0.25, 0.3) is 0 Å². The number of non-ortho nitro benzene ring substituents is 2. The Morgan fingerprint density at radius 3 is 2.20 bits per heavy atom. The largest absolute Gasteiger partial charge is 0.344 e. The number of rotatable bonds is 5. The molecule has 0 spiro atoms. The molecule has 2 saturated heterocycles. The van der Waals surface area contributed by atoms with Crippen LogP contribution in [0.2, 0.25) is 0 Å². The molecule has 3 aliphatic heterocycles. The minimum Gasteiger partial charge on any atom is -0.344 e. The quantitative estimate of drug-likeness (QED) is 0.374. The predicted octanol–water partition coefficient (Wildman–Crippen LogP) is 1.40. The molecule has 3 aliphatic rings. The maximum atomic E-state index is 12.9. The van der Waals surface area contributed by atoms with Crippen molar-refractivity contribution in [2.24, 2.45) is 5.10 Å². The van der Waals surface area contributed by atoms with Crippen molar-refractivity contribution in [1.29, 1.82) is 0 Å². The zero-order valence-electron chi connectivity index (χ0n) is 17.7. The summed E-state index contributed by atoms with van der Waals surface area (Å²) in [5.74, 6) is -1.89. The first-order valence-corrected chi connectivity index (χ1v) is 10.3. The lowest BCUT2D eigenvalue weighted by molar-refractivity contribution is -0.394. The maximum absolute atomic E-state index is 12.9. The van der Waals surface area contributed by atoms with Gasteiger partial charge >= 0.3 is 0 Å². The average molecular weight is 481 g/mol. The molecular weight excluding hydrogens is 466 g/mol. The first-order chi connectivity index (χ1) is 16.7. The molecular formula is C21H15N5O9. The van der Waals surface area contributed by atoms with E-state index in [-0.39, 0.29) is 35.4 Å². The summed E-state index contributed by atoms with van der Waals surface area (Å²) in [6.45, 7) is 0.0901. The minimum atomic E-state index is -0.943. The summed E-state index contributed by atoms with van der Waals surface area (Å²) in [7, 11) is 0. The highest BCUT2D eigenvalue weighted by Crippen LogP contribution is 2.34. The van der Waals surface area contributed by atoms with Crippen molar-refractivity contribution >= 4 is 34.8 Å². The molecule has 14 nitrogen and oxygen atoms in total. The lowest BCUT2D eigenvalue weighted by Crippen LogP contribution is -2.52. The zero-order chi connectivity index (χ0) is 24.9. The Labute approximate surface area is 195 Å². The molecule has 14 heteroatoms. The average Bonchev–Trinajstić information content (AvgIpc) is 3.38. The van der Waals surface area contributed by atoms with Crippen molar-refractivity contribution in [3.05, 3.63) is 79.4 Å². The molecule has 0 aromatic heterocycles. The van der Waals surface area contributed by atoms with Crippen LogP contribution < -0.4 is 5.43 Å². The maximum Gasteiger partial charge on any atom is 0.277 e. The molecule has 0 saturated carbocycles. The van der Waals surface area contributed by atoms with E-state index in [2.05, 4.69) is 10.5 Å². The number of amides is 3. The number of imide groups is 1. The summed E-state index contributed by atoms with van der Waals surface area (Å²) < 4.78 is 11.3. The third kappa shape index (κ3) is 3.79. The van der Waals surface area contributed by atoms with Crippen molar-refractivity contribution in [2.75, 3.05) is 6.61 Å². The summed E-state index contributed by atoms with van der Waals surface area (Å²) in [5, 5.41) is 26.1. The number of carbonyl (C=O) groups is 3. The van der Waals surface area contributed by atoms with Crippen LogP contribution in [0.4, 0.5) is 11.4 Å². The van der Waals surface area contributed by atoms with Gasteiger partial charge in [0.2, 0.25) is 0 Å². The Hall–Kier alpha value is -4.56. The Morgan fingerprint density at radius 1 is 1.03 bits per heavy atom. The number of ether oxygens (including phenoxy) is 2. The van der Waals surface area contributed by atoms with Crippen LogP contribution in [0, 0.1) is 20.2 Å². The fourth-order valence-electron chi connectivity index (χ4n) is 4.23. The summed E-state index contributed by atoms with van der Waals surface area (Å²) >= 11 is 0. The van der Waals surface area contributed by atoms with Crippen molar-refractivity contribution in [1.82, 2.24) is 10.3 Å². The van der Waals surface area contributed by atoms with Crippen LogP contribution in [-0.4, -0.2) is 63.2 Å². The number of nitrogens with one attached hydrogen (secondary N) is 1. The molecule has 3 amide bonds. The first-order valence-electron chi connectivity index (χ1n) is 10.3. The molecule has 35 heavy (non-hydrogen) atoms. The van der Waals surface area contributed by atoms with E-state index in [4.69, 9.17) is 9.47 Å². The second kappa shape index (κ2) is 8.34. The second-order valence-electron chi connectivity index (χ2n) is 7.93. The van der Waals surface area contributed by atoms with E-state index in [0.29, 0.717) is 0 Å². The van der Waals surface area contributed by atoms with Crippen molar-refractivity contribution in [2.45, 2.75) is 24.9 Å². The molecule has 2 bridgehead atoms. The fraction of sp³-hybridized carbons (Fsp3) is 0.238. The van der Waals surface area contributed by atoms with E-state index in [9.17, 15) is 34.6 Å². The van der Waals surface area contributed by atoms with E-state index in [0.717, 1.165) is 23.1 Å². The fourth-order valence-corrected chi connectivity index (χ4v) is 4.23. The monoisotopic (exact) mass is 481 g/mol. The van der Waals surface area contributed by atoms with Gasteiger partial charge in [0.05, 0.1) is 51.0 Å². The normalized spacial score (nSPS) is 23.9. The minimum absolute atomic E-state index is 0.0518. The number of hydrogen-bond donors (Lipinski definition) is 1. The molecule has 0 unspecified atom stereocenters. The molecule has 2 fully saturated rings. The van der Waals surface area contributed by atoms with Gasteiger partial charge in [0, 0.05) is 18.6 Å². The molecule has 0 radical (unpaired) electrons. The standard InChI is InChI=1S/C21H15N5O9/c27-18(10-5-11(25(30)31)7-12(6-10)26(32)33)23-22-15-8-16(17-9-34-21(15)35-17)24-19(28)13-3-1-2-4-14(13)20(24)29/h1-7,16-17,21H,8-9H2,(H,23,27)/t16-,17+,21+/m0/s1. The Kier molecular flexibility index (Phi) is 5.30. The summed E-state index contributed by atoms with van der Waals surface area (Å²) in [4.78, 5) is 59.9. The number of benzene rings is 2. The van der Waals surface area contributed by atoms with Crippen LogP contribution in [-0.2, 0) is 9.47 Å². The van der Waals surface area contributed by atoms with E-state index in [1.807, 2.05) is 0 Å². The topological polar surface area (TPSA) is 184 Å². The van der Waals surface area contributed by atoms with Gasteiger partial charge in [-0.3, -0.25) is 39.5 Å². The highest BCUT2D eigenvalue weighted by molar-refractivity contribution is 6.21. The Morgan fingerprint density at radius 2 is 1.63 bits per heavy atom. The number of nitro groups is 2. The molecule has 3 heterocycles.